The van der Waals surface area contributed by atoms with Gasteiger partial charge in [0.2, 0.25) is 0 Å². The number of rotatable bonds is 7. The van der Waals surface area contributed by atoms with Crippen molar-refractivity contribution < 1.29 is 27.9 Å². The smallest absolute Gasteiger partial charge is 0.421 e. The molecule has 0 aliphatic rings. The summed E-state index contributed by atoms with van der Waals surface area (Å²) in [5.41, 5.74) is 0.786. The molecule has 8 nitrogen and oxygen atoms in total. The number of carboxylic acids is 1. The van der Waals surface area contributed by atoms with Crippen LogP contribution in [0.15, 0.2) is 24.3 Å². The van der Waals surface area contributed by atoms with E-state index in [9.17, 15) is 18.0 Å². The van der Waals surface area contributed by atoms with Gasteiger partial charge in [0.05, 0.1) is 12.2 Å². The highest BCUT2D eigenvalue weighted by Gasteiger charge is 2.14. The summed E-state index contributed by atoms with van der Waals surface area (Å²) in [7, 11) is -3.99. The highest BCUT2D eigenvalue weighted by molar-refractivity contribution is 7.88. The molecule has 0 aliphatic heterocycles. The van der Waals surface area contributed by atoms with E-state index in [0.717, 1.165) is 0 Å². The van der Waals surface area contributed by atoms with Crippen LogP contribution in [0.2, 0.25) is 0 Å². The lowest BCUT2D eigenvalue weighted by molar-refractivity contribution is 0.0696. The summed E-state index contributed by atoms with van der Waals surface area (Å²) < 4.78 is 31.2. The minimum Gasteiger partial charge on any atom is -0.478 e. The Morgan fingerprint density at radius 3 is 2.67 bits per heavy atom. The molecule has 0 fully saturated rings. The second kappa shape index (κ2) is 7.60. The summed E-state index contributed by atoms with van der Waals surface area (Å²) in [6.07, 6.45) is -0.775. The van der Waals surface area contributed by atoms with E-state index >= 15 is 0 Å². The van der Waals surface area contributed by atoms with Crippen LogP contribution in [0.4, 0.5) is 4.79 Å². The summed E-state index contributed by atoms with van der Waals surface area (Å²) in [5.74, 6) is -1.05. The van der Waals surface area contributed by atoms with Crippen molar-refractivity contribution in [2.75, 3.05) is 13.2 Å². The number of nitrogens with one attached hydrogen (secondary N) is 2. The summed E-state index contributed by atoms with van der Waals surface area (Å²) in [4.78, 5) is 21.8. The lowest BCUT2D eigenvalue weighted by Crippen LogP contribution is -2.41. The first-order chi connectivity index (χ1) is 9.84. The van der Waals surface area contributed by atoms with Gasteiger partial charge in [0.15, 0.2) is 0 Å². The van der Waals surface area contributed by atoms with Gasteiger partial charge in [0.25, 0.3) is 0 Å². The topological polar surface area (TPSA) is 122 Å². The molecule has 0 aliphatic carbocycles. The van der Waals surface area contributed by atoms with Crippen LogP contribution in [0.25, 0.3) is 0 Å². The van der Waals surface area contributed by atoms with Crippen molar-refractivity contribution in [1.29, 1.82) is 0 Å². The van der Waals surface area contributed by atoms with Crippen LogP contribution in [-0.2, 0) is 21.4 Å². The Balaban J connectivity index is 2.51. The molecule has 1 aromatic carbocycles. The SMILES string of the molecule is CCOC(=O)NS(=O)(=O)NCCc1cccc(C(=O)O)c1. The molecule has 0 heterocycles. The van der Waals surface area contributed by atoms with Gasteiger partial charge in [0.1, 0.15) is 0 Å². The maximum absolute atomic E-state index is 11.5. The fourth-order valence-electron chi connectivity index (χ4n) is 1.50. The van der Waals surface area contributed by atoms with Crippen molar-refractivity contribution >= 4 is 22.3 Å². The number of hydrogen-bond donors (Lipinski definition) is 3. The summed E-state index contributed by atoms with van der Waals surface area (Å²) in [6.45, 7) is 1.62. The first kappa shape index (κ1) is 16.9. The van der Waals surface area contributed by atoms with Crippen molar-refractivity contribution in [2.24, 2.45) is 0 Å². The third kappa shape index (κ3) is 6.23. The first-order valence-corrected chi connectivity index (χ1v) is 7.58. The van der Waals surface area contributed by atoms with E-state index < -0.39 is 22.3 Å². The molecule has 1 amide bonds. The van der Waals surface area contributed by atoms with Gasteiger partial charge < -0.3 is 9.84 Å². The molecule has 0 saturated heterocycles. The zero-order valence-electron chi connectivity index (χ0n) is 11.3. The van der Waals surface area contributed by atoms with Crippen molar-refractivity contribution in [3.05, 3.63) is 35.4 Å². The zero-order chi connectivity index (χ0) is 15.9. The number of amides is 1. The Hall–Kier alpha value is -2.13. The fraction of sp³-hybridized carbons (Fsp3) is 0.333. The third-order valence-electron chi connectivity index (χ3n) is 2.37. The number of ether oxygens (including phenoxy) is 1. The molecule has 21 heavy (non-hydrogen) atoms. The Bertz CT molecular complexity index is 614. The highest BCUT2D eigenvalue weighted by Crippen LogP contribution is 2.05. The Labute approximate surface area is 122 Å². The van der Waals surface area contributed by atoms with Crippen LogP contribution in [0.3, 0.4) is 0 Å². The highest BCUT2D eigenvalue weighted by atomic mass is 32.2. The maximum Gasteiger partial charge on any atom is 0.421 e. The van der Waals surface area contributed by atoms with Gasteiger partial charge in [-0.05, 0) is 31.0 Å². The number of carbonyl (C=O) groups is 2. The van der Waals surface area contributed by atoms with Crippen molar-refractivity contribution in [2.45, 2.75) is 13.3 Å². The normalized spacial score (nSPS) is 10.9. The van der Waals surface area contributed by atoms with Crippen LogP contribution in [0.5, 0.6) is 0 Å². The number of carboxylic acid groups (broad SMARTS) is 1. The molecule has 0 unspecified atom stereocenters. The van der Waals surface area contributed by atoms with E-state index in [4.69, 9.17) is 5.11 Å². The summed E-state index contributed by atoms with van der Waals surface area (Å²) in [6, 6.07) is 6.15. The average Bonchev–Trinajstić information content (AvgIpc) is 2.38. The van der Waals surface area contributed by atoms with E-state index in [1.165, 1.54) is 12.1 Å². The molecule has 116 valence electrons. The summed E-state index contributed by atoms with van der Waals surface area (Å²) >= 11 is 0. The van der Waals surface area contributed by atoms with Gasteiger partial charge in [-0.1, -0.05) is 12.1 Å². The van der Waals surface area contributed by atoms with E-state index in [2.05, 4.69) is 9.46 Å². The van der Waals surface area contributed by atoms with E-state index in [1.54, 1.807) is 23.8 Å². The molecule has 0 aromatic heterocycles. The fourth-order valence-corrected chi connectivity index (χ4v) is 2.22. The van der Waals surface area contributed by atoms with Gasteiger partial charge in [-0.2, -0.15) is 13.1 Å². The van der Waals surface area contributed by atoms with Crippen LogP contribution in [0.1, 0.15) is 22.8 Å². The molecule has 0 radical (unpaired) electrons. The molecular formula is C12H16N2O6S. The van der Waals surface area contributed by atoms with E-state index in [0.29, 0.717) is 5.56 Å². The van der Waals surface area contributed by atoms with Gasteiger partial charge in [0, 0.05) is 6.54 Å². The molecule has 1 aromatic rings. The molecule has 0 bridgehead atoms. The van der Waals surface area contributed by atoms with Crippen LogP contribution in [-0.4, -0.2) is 38.7 Å². The lowest BCUT2D eigenvalue weighted by Gasteiger charge is -2.08. The average molecular weight is 316 g/mol. The second-order valence-corrected chi connectivity index (χ2v) is 5.48. The molecule has 9 heteroatoms. The standard InChI is InChI=1S/C12H16N2O6S/c1-2-20-12(17)14-21(18,19)13-7-6-9-4-3-5-10(8-9)11(15)16/h3-5,8,13H,2,6-7H2,1H3,(H,14,17)(H,15,16). The van der Waals surface area contributed by atoms with E-state index in [-0.39, 0.29) is 25.1 Å². The molecular weight excluding hydrogens is 300 g/mol. The van der Waals surface area contributed by atoms with Crippen molar-refractivity contribution in [1.82, 2.24) is 9.44 Å². The predicted octanol–water partition coefficient (Wildman–Crippen LogP) is 0.508. The Morgan fingerprint density at radius 1 is 1.33 bits per heavy atom. The number of hydrogen-bond acceptors (Lipinski definition) is 5. The lowest BCUT2D eigenvalue weighted by atomic mass is 10.1. The van der Waals surface area contributed by atoms with Gasteiger partial charge in [-0.3, -0.25) is 0 Å². The molecule has 0 atom stereocenters. The van der Waals surface area contributed by atoms with Crippen LogP contribution >= 0.6 is 0 Å². The maximum atomic E-state index is 11.5. The molecule has 1 rings (SSSR count). The number of carbonyl (C=O) groups excluding carboxylic acids is 1. The van der Waals surface area contributed by atoms with Gasteiger partial charge in [-0.15, -0.1) is 0 Å². The quantitative estimate of drug-likeness (QED) is 0.673. The van der Waals surface area contributed by atoms with Crippen LogP contribution in [0, 0.1) is 0 Å². The van der Waals surface area contributed by atoms with Gasteiger partial charge >= 0.3 is 22.3 Å². The van der Waals surface area contributed by atoms with E-state index in [1.807, 2.05) is 0 Å². The monoisotopic (exact) mass is 316 g/mol. The van der Waals surface area contributed by atoms with Crippen LogP contribution < -0.4 is 9.44 Å². The third-order valence-corrected chi connectivity index (χ3v) is 3.39. The molecule has 0 saturated carbocycles. The van der Waals surface area contributed by atoms with Crippen molar-refractivity contribution in [3.8, 4) is 0 Å². The summed E-state index contributed by atoms with van der Waals surface area (Å²) in [5, 5.41) is 8.84. The van der Waals surface area contributed by atoms with Crippen molar-refractivity contribution in [3.63, 3.8) is 0 Å². The minimum absolute atomic E-state index is 0.0117. The second-order valence-electron chi connectivity index (χ2n) is 3.98. The van der Waals surface area contributed by atoms with Gasteiger partial charge in [-0.25, -0.2) is 14.3 Å². The Kier molecular flexibility index (Phi) is 6.12. The largest absolute Gasteiger partial charge is 0.478 e. The molecule has 3 N–H and O–H groups in total. The molecule has 0 spiro atoms. The Morgan fingerprint density at radius 2 is 2.05 bits per heavy atom. The number of benzene rings is 1. The zero-order valence-corrected chi connectivity index (χ0v) is 12.1. The first-order valence-electron chi connectivity index (χ1n) is 6.10. The minimum atomic E-state index is -3.99. The number of aromatic carboxylic acids is 1. The predicted molar refractivity (Wildman–Crippen MR) is 74.2 cm³/mol.